The molecular formula is C9H8Cl2O. The van der Waals surface area contributed by atoms with Gasteiger partial charge in [-0.3, -0.25) is 4.79 Å². The van der Waals surface area contributed by atoms with E-state index in [1.165, 1.54) is 0 Å². The number of carbonyl (C=O) groups excluding carboxylic acids is 1. The number of hydrogen-bond donors (Lipinski definition) is 0. The first-order valence-electron chi connectivity index (χ1n) is 3.49. The highest BCUT2D eigenvalue weighted by Crippen LogP contribution is 2.23. The molecule has 0 unspecified atom stereocenters. The molecule has 0 spiro atoms. The van der Waals surface area contributed by atoms with Gasteiger partial charge in [0.05, 0.1) is 0 Å². The Morgan fingerprint density at radius 2 is 1.92 bits per heavy atom. The van der Waals surface area contributed by atoms with E-state index in [9.17, 15) is 4.79 Å². The fourth-order valence-corrected chi connectivity index (χ4v) is 1.57. The van der Waals surface area contributed by atoms with Gasteiger partial charge in [0.15, 0.2) is 0 Å². The Bertz CT molecular complexity index is 332. The summed E-state index contributed by atoms with van der Waals surface area (Å²) in [5, 5.41) is 0.122. The largest absolute Gasteiger partial charge is 0.276 e. The van der Waals surface area contributed by atoms with Crippen molar-refractivity contribution in [2.24, 2.45) is 0 Å². The van der Waals surface area contributed by atoms with Gasteiger partial charge in [0.2, 0.25) is 0 Å². The molecule has 1 nitrogen and oxygen atoms in total. The molecule has 0 saturated heterocycles. The number of halogens is 2. The summed E-state index contributed by atoms with van der Waals surface area (Å²) in [7, 11) is 0. The normalized spacial score (nSPS) is 10.0. The molecule has 0 atom stereocenters. The summed E-state index contributed by atoms with van der Waals surface area (Å²) in [5.74, 6) is 0. The van der Waals surface area contributed by atoms with Gasteiger partial charge >= 0.3 is 0 Å². The highest BCUT2D eigenvalue weighted by molar-refractivity contribution is 6.68. The first kappa shape index (κ1) is 9.56. The van der Waals surface area contributed by atoms with Gasteiger partial charge in [-0.2, -0.15) is 0 Å². The third kappa shape index (κ3) is 1.62. The van der Waals surface area contributed by atoms with Crippen LogP contribution in [0.1, 0.15) is 21.5 Å². The molecule has 0 aromatic heterocycles. The van der Waals surface area contributed by atoms with Crippen LogP contribution >= 0.6 is 23.2 Å². The van der Waals surface area contributed by atoms with Crippen LogP contribution in [-0.4, -0.2) is 5.24 Å². The van der Waals surface area contributed by atoms with Crippen LogP contribution in [0.3, 0.4) is 0 Å². The van der Waals surface area contributed by atoms with Crippen molar-refractivity contribution in [1.82, 2.24) is 0 Å². The third-order valence-electron chi connectivity index (χ3n) is 1.80. The molecule has 0 radical (unpaired) electrons. The minimum Gasteiger partial charge on any atom is -0.276 e. The predicted octanol–water partition coefficient (Wildman–Crippen LogP) is 3.34. The molecule has 64 valence electrons. The van der Waals surface area contributed by atoms with Gasteiger partial charge in [0.1, 0.15) is 0 Å². The van der Waals surface area contributed by atoms with Crippen LogP contribution in [0, 0.1) is 13.8 Å². The van der Waals surface area contributed by atoms with E-state index in [2.05, 4.69) is 0 Å². The molecule has 0 heterocycles. The summed E-state index contributed by atoms with van der Waals surface area (Å²) < 4.78 is 0. The number of benzene rings is 1. The van der Waals surface area contributed by atoms with Gasteiger partial charge in [-0.1, -0.05) is 17.7 Å². The van der Waals surface area contributed by atoms with Crippen molar-refractivity contribution >= 4 is 28.4 Å². The summed E-state index contributed by atoms with van der Waals surface area (Å²) in [6.07, 6.45) is 0. The van der Waals surface area contributed by atoms with Gasteiger partial charge in [-0.15, -0.1) is 0 Å². The first-order valence-corrected chi connectivity index (χ1v) is 4.25. The highest BCUT2D eigenvalue weighted by atomic mass is 35.5. The Kier molecular flexibility index (Phi) is 2.76. The third-order valence-corrected chi connectivity index (χ3v) is 2.40. The lowest BCUT2D eigenvalue weighted by Gasteiger charge is -2.05. The zero-order chi connectivity index (χ0) is 9.30. The van der Waals surface area contributed by atoms with E-state index in [4.69, 9.17) is 23.2 Å². The van der Waals surface area contributed by atoms with Crippen molar-refractivity contribution in [3.8, 4) is 0 Å². The molecule has 0 aliphatic rings. The van der Waals surface area contributed by atoms with Gasteiger partial charge in [0, 0.05) is 10.6 Å². The number of hydrogen-bond acceptors (Lipinski definition) is 1. The maximum absolute atomic E-state index is 10.9. The molecular weight excluding hydrogens is 195 g/mol. The standard InChI is InChI=1S/C9H8Cl2O/c1-5-3-4-7(10)6(2)8(5)9(11)12/h3-4H,1-2H3. The molecule has 0 aliphatic carbocycles. The van der Waals surface area contributed by atoms with Crippen molar-refractivity contribution in [3.63, 3.8) is 0 Å². The molecule has 0 bridgehead atoms. The Morgan fingerprint density at radius 1 is 1.33 bits per heavy atom. The zero-order valence-corrected chi connectivity index (χ0v) is 8.33. The van der Waals surface area contributed by atoms with Crippen molar-refractivity contribution in [2.45, 2.75) is 13.8 Å². The molecule has 0 N–H and O–H groups in total. The molecule has 3 heteroatoms. The number of rotatable bonds is 1. The lowest BCUT2D eigenvalue weighted by Crippen LogP contribution is -1.97. The van der Waals surface area contributed by atoms with E-state index in [1.54, 1.807) is 19.1 Å². The summed E-state index contributed by atoms with van der Waals surface area (Å²) in [5.41, 5.74) is 2.12. The quantitative estimate of drug-likeness (QED) is 0.639. The van der Waals surface area contributed by atoms with Gasteiger partial charge < -0.3 is 0 Å². The minimum atomic E-state index is -0.451. The van der Waals surface area contributed by atoms with Crippen LogP contribution < -0.4 is 0 Å². The van der Waals surface area contributed by atoms with E-state index in [1.807, 2.05) is 6.92 Å². The van der Waals surface area contributed by atoms with Crippen molar-refractivity contribution in [3.05, 3.63) is 33.8 Å². The Balaban J connectivity index is 3.43. The van der Waals surface area contributed by atoms with E-state index in [-0.39, 0.29) is 0 Å². The van der Waals surface area contributed by atoms with Crippen LogP contribution in [0.5, 0.6) is 0 Å². The Hall–Kier alpha value is -0.530. The van der Waals surface area contributed by atoms with Crippen LogP contribution in [0.4, 0.5) is 0 Å². The highest BCUT2D eigenvalue weighted by Gasteiger charge is 2.11. The predicted molar refractivity (Wildman–Crippen MR) is 51.1 cm³/mol. The molecule has 12 heavy (non-hydrogen) atoms. The van der Waals surface area contributed by atoms with Crippen LogP contribution in [0.15, 0.2) is 12.1 Å². The van der Waals surface area contributed by atoms with Crippen LogP contribution in [-0.2, 0) is 0 Å². The molecule has 0 saturated carbocycles. The second kappa shape index (κ2) is 3.46. The van der Waals surface area contributed by atoms with E-state index in [0.717, 1.165) is 11.1 Å². The smallest absolute Gasteiger partial charge is 0.252 e. The Morgan fingerprint density at radius 3 is 2.33 bits per heavy atom. The average Bonchev–Trinajstić information content (AvgIpc) is 1.97. The van der Waals surface area contributed by atoms with Crippen molar-refractivity contribution in [1.29, 1.82) is 0 Å². The molecule has 0 fully saturated rings. The average molecular weight is 203 g/mol. The maximum atomic E-state index is 10.9. The maximum Gasteiger partial charge on any atom is 0.252 e. The number of carbonyl (C=O) groups is 1. The monoisotopic (exact) mass is 202 g/mol. The minimum absolute atomic E-state index is 0.451. The lowest BCUT2D eigenvalue weighted by molar-refractivity contribution is 0.108. The SMILES string of the molecule is Cc1ccc(Cl)c(C)c1C(=O)Cl. The van der Waals surface area contributed by atoms with Crippen molar-refractivity contribution < 1.29 is 4.79 Å². The summed E-state index contributed by atoms with van der Waals surface area (Å²) in [6.45, 7) is 3.61. The topological polar surface area (TPSA) is 17.1 Å². The molecule has 0 amide bonds. The summed E-state index contributed by atoms with van der Waals surface area (Å²) in [6, 6.07) is 3.54. The van der Waals surface area contributed by atoms with Gasteiger partial charge in [0.25, 0.3) is 5.24 Å². The Labute approximate surface area is 81.3 Å². The lowest BCUT2D eigenvalue weighted by atomic mass is 10.0. The van der Waals surface area contributed by atoms with E-state index >= 15 is 0 Å². The summed E-state index contributed by atoms with van der Waals surface area (Å²) >= 11 is 11.2. The van der Waals surface area contributed by atoms with Gasteiger partial charge in [-0.05, 0) is 42.6 Å². The molecule has 1 rings (SSSR count). The molecule has 1 aromatic carbocycles. The summed E-state index contributed by atoms with van der Waals surface area (Å²) in [4.78, 5) is 10.9. The van der Waals surface area contributed by atoms with E-state index < -0.39 is 5.24 Å². The van der Waals surface area contributed by atoms with Crippen molar-refractivity contribution in [2.75, 3.05) is 0 Å². The molecule has 1 aromatic rings. The number of aryl methyl sites for hydroxylation is 1. The van der Waals surface area contributed by atoms with Crippen LogP contribution in [0.25, 0.3) is 0 Å². The van der Waals surface area contributed by atoms with E-state index in [0.29, 0.717) is 10.6 Å². The van der Waals surface area contributed by atoms with Gasteiger partial charge in [-0.25, -0.2) is 0 Å². The first-order chi connectivity index (χ1) is 5.54. The second-order valence-corrected chi connectivity index (χ2v) is 3.39. The fraction of sp³-hybridized carbons (Fsp3) is 0.222. The second-order valence-electron chi connectivity index (χ2n) is 2.64. The zero-order valence-electron chi connectivity index (χ0n) is 6.82. The fourth-order valence-electron chi connectivity index (χ4n) is 1.12. The van der Waals surface area contributed by atoms with Crippen LogP contribution in [0.2, 0.25) is 5.02 Å². The molecule has 0 aliphatic heterocycles.